The normalized spacial score (nSPS) is 12.5. The summed E-state index contributed by atoms with van der Waals surface area (Å²) in [4.78, 5) is 0.0195. The lowest BCUT2D eigenvalue weighted by Crippen LogP contribution is -2.27. The second-order valence-electron chi connectivity index (χ2n) is 5.10. The molecular formula is C17H21NO5S. The lowest BCUT2D eigenvalue weighted by molar-refractivity contribution is 0.391. The first-order valence-corrected chi connectivity index (χ1v) is 8.78. The van der Waals surface area contributed by atoms with Crippen molar-refractivity contribution in [2.45, 2.75) is 17.9 Å². The number of hydrogen-bond acceptors (Lipinski definition) is 5. The van der Waals surface area contributed by atoms with Crippen LogP contribution >= 0.6 is 0 Å². The van der Waals surface area contributed by atoms with Crippen molar-refractivity contribution >= 4 is 10.0 Å². The molecule has 0 spiro atoms. The Morgan fingerprint density at radius 3 is 2.21 bits per heavy atom. The van der Waals surface area contributed by atoms with E-state index in [1.54, 1.807) is 32.2 Å². The fraction of sp³-hybridized carbons (Fsp3) is 0.294. The lowest BCUT2D eigenvalue weighted by atomic mass is 10.1. The Morgan fingerprint density at radius 1 is 0.917 bits per heavy atom. The van der Waals surface area contributed by atoms with Crippen LogP contribution in [0.25, 0.3) is 0 Å². The molecule has 0 radical (unpaired) electrons. The van der Waals surface area contributed by atoms with Crippen LogP contribution in [0.1, 0.15) is 18.5 Å². The zero-order valence-electron chi connectivity index (χ0n) is 14.1. The highest BCUT2D eigenvalue weighted by Crippen LogP contribution is 2.31. The molecule has 7 heteroatoms. The van der Waals surface area contributed by atoms with E-state index in [2.05, 4.69) is 4.72 Å². The molecule has 2 aromatic carbocycles. The topological polar surface area (TPSA) is 73.9 Å². The maximum Gasteiger partial charge on any atom is 0.244 e. The molecule has 0 aliphatic carbocycles. The van der Waals surface area contributed by atoms with Crippen LogP contribution in [0.2, 0.25) is 0 Å². The summed E-state index contributed by atoms with van der Waals surface area (Å²) in [7, 11) is 0.625. The Balaban J connectivity index is 2.38. The van der Waals surface area contributed by atoms with Gasteiger partial charge in [0.15, 0.2) is 0 Å². The monoisotopic (exact) mass is 351 g/mol. The minimum atomic E-state index is -3.82. The van der Waals surface area contributed by atoms with Gasteiger partial charge in [0.05, 0.1) is 21.3 Å². The summed E-state index contributed by atoms with van der Waals surface area (Å²) in [6, 6.07) is 11.4. The first-order chi connectivity index (χ1) is 11.4. The van der Waals surface area contributed by atoms with Crippen molar-refractivity contribution in [3.63, 3.8) is 0 Å². The van der Waals surface area contributed by atoms with E-state index in [9.17, 15) is 8.42 Å². The molecular weight excluding hydrogens is 330 g/mol. The van der Waals surface area contributed by atoms with Gasteiger partial charge in [-0.05, 0) is 25.1 Å². The fourth-order valence-corrected chi connectivity index (χ4v) is 3.78. The Kier molecular flexibility index (Phi) is 5.69. The van der Waals surface area contributed by atoms with E-state index in [0.717, 1.165) is 5.56 Å². The van der Waals surface area contributed by atoms with Crippen molar-refractivity contribution in [3.8, 4) is 17.2 Å². The third-order valence-corrected chi connectivity index (χ3v) is 5.16. The summed E-state index contributed by atoms with van der Waals surface area (Å²) in [6.07, 6.45) is 0. The van der Waals surface area contributed by atoms with Crippen LogP contribution < -0.4 is 18.9 Å². The number of nitrogens with one attached hydrogen (secondary N) is 1. The summed E-state index contributed by atoms with van der Waals surface area (Å²) in [5, 5.41) is 0. The van der Waals surface area contributed by atoms with Crippen LogP contribution in [0.15, 0.2) is 47.4 Å². The molecule has 0 bridgehead atoms. The van der Waals surface area contributed by atoms with Gasteiger partial charge < -0.3 is 14.2 Å². The van der Waals surface area contributed by atoms with Crippen molar-refractivity contribution in [2.75, 3.05) is 21.3 Å². The summed E-state index contributed by atoms with van der Waals surface area (Å²) < 4.78 is 43.8. The second-order valence-corrected chi connectivity index (χ2v) is 6.78. The quantitative estimate of drug-likeness (QED) is 0.830. The van der Waals surface area contributed by atoms with Gasteiger partial charge in [-0.1, -0.05) is 18.2 Å². The molecule has 1 atom stereocenters. The standard InChI is InChI=1S/C17H21NO5S/c1-12(14-7-5-6-8-15(14)22-3)18-24(19,20)17-11-13(21-2)9-10-16(17)23-4/h5-12,18H,1-4H3/t12-/m1/s1. The molecule has 2 rings (SSSR count). The van der Waals surface area contributed by atoms with Crippen LogP contribution in [0, 0.1) is 0 Å². The van der Waals surface area contributed by atoms with Gasteiger partial charge in [-0.15, -0.1) is 0 Å². The maximum absolute atomic E-state index is 12.8. The molecule has 0 saturated carbocycles. The van der Waals surface area contributed by atoms with Gasteiger partial charge in [0.1, 0.15) is 22.1 Å². The second kappa shape index (κ2) is 7.55. The maximum atomic E-state index is 12.8. The zero-order chi connectivity index (χ0) is 17.7. The molecule has 6 nitrogen and oxygen atoms in total. The molecule has 0 aliphatic rings. The molecule has 0 aliphatic heterocycles. The number of sulfonamides is 1. The summed E-state index contributed by atoms with van der Waals surface area (Å²) >= 11 is 0. The van der Waals surface area contributed by atoms with Crippen molar-refractivity contribution < 1.29 is 22.6 Å². The smallest absolute Gasteiger partial charge is 0.244 e. The molecule has 0 saturated heterocycles. The van der Waals surface area contributed by atoms with Crippen LogP contribution in [0.5, 0.6) is 17.2 Å². The average Bonchev–Trinajstić information content (AvgIpc) is 2.60. The van der Waals surface area contributed by atoms with Gasteiger partial charge in [-0.3, -0.25) is 0 Å². The van der Waals surface area contributed by atoms with Crippen LogP contribution in [0.3, 0.4) is 0 Å². The van der Waals surface area contributed by atoms with Crippen LogP contribution in [-0.4, -0.2) is 29.7 Å². The third kappa shape index (κ3) is 3.80. The first-order valence-electron chi connectivity index (χ1n) is 7.30. The number of para-hydroxylation sites is 1. The number of benzene rings is 2. The highest BCUT2D eigenvalue weighted by atomic mass is 32.2. The predicted molar refractivity (Wildman–Crippen MR) is 91.3 cm³/mol. The van der Waals surface area contributed by atoms with E-state index in [1.165, 1.54) is 20.3 Å². The van der Waals surface area contributed by atoms with E-state index in [4.69, 9.17) is 14.2 Å². The first kappa shape index (κ1) is 18.1. The van der Waals surface area contributed by atoms with Crippen molar-refractivity contribution in [1.29, 1.82) is 0 Å². The Bertz CT molecular complexity index is 804. The van der Waals surface area contributed by atoms with Gasteiger partial charge >= 0.3 is 0 Å². The van der Waals surface area contributed by atoms with Gasteiger partial charge in [0, 0.05) is 17.7 Å². The van der Waals surface area contributed by atoms with E-state index in [-0.39, 0.29) is 10.6 Å². The third-order valence-electron chi connectivity index (χ3n) is 3.60. The molecule has 0 aromatic heterocycles. The highest BCUT2D eigenvalue weighted by Gasteiger charge is 2.24. The van der Waals surface area contributed by atoms with Gasteiger partial charge in [0.2, 0.25) is 10.0 Å². The van der Waals surface area contributed by atoms with Crippen molar-refractivity contribution in [1.82, 2.24) is 4.72 Å². The minimum absolute atomic E-state index is 0.0195. The summed E-state index contributed by atoms with van der Waals surface area (Å²) in [5.41, 5.74) is 0.741. The molecule has 0 fully saturated rings. The summed E-state index contributed by atoms with van der Waals surface area (Å²) in [6.45, 7) is 1.75. The van der Waals surface area contributed by atoms with E-state index in [1.807, 2.05) is 18.2 Å². The largest absolute Gasteiger partial charge is 0.497 e. The molecule has 24 heavy (non-hydrogen) atoms. The van der Waals surface area contributed by atoms with Crippen molar-refractivity contribution in [3.05, 3.63) is 48.0 Å². The molecule has 1 N–H and O–H groups in total. The van der Waals surface area contributed by atoms with Crippen LogP contribution in [-0.2, 0) is 10.0 Å². The molecule has 2 aromatic rings. The minimum Gasteiger partial charge on any atom is -0.497 e. The predicted octanol–water partition coefficient (Wildman–Crippen LogP) is 2.75. The highest BCUT2D eigenvalue weighted by molar-refractivity contribution is 7.89. The molecule has 130 valence electrons. The number of ether oxygens (including phenoxy) is 3. The molecule has 0 unspecified atom stereocenters. The Morgan fingerprint density at radius 2 is 1.58 bits per heavy atom. The SMILES string of the molecule is COc1ccc(OC)c(S(=O)(=O)N[C@H](C)c2ccccc2OC)c1. The van der Waals surface area contributed by atoms with Gasteiger partial charge in [0.25, 0.3) is 0 Å². The number of rotatable bonds is 7. The molecule has 0 heterocycles. The summed E-state index contributed by atoms with van der Waals surface area (Å²) in [5.74, 6) is 1.29. The lowest BCUT2D eigenvalue weighted by Gasteiger charge is -2.18. The van der Waals surface area contributed by atoms with Crippen molar-refractivity contribution in [2.24, 2.45) is 0 Å². The Labute approximate surface area is 142 Å². The number of methoxy groups -OCH3 is 3. The van der Waals surface area contributed by atoms with Gasteiger partial charge in [-0.25, -0.2) is 13.1 Å². The van der Waals surface area contributed by atoms with Gasteiger partial charge in [-0.2, -0.15) is 0 Å². The number of hydrogen-bond donors (Lipinski definition) is 1. The van der Waals surface area contributed by atoms with E-state index >= 15 is 0 Å². The van der Waals surface area contributed by atoms with E-state index < -0.39 is 16.1 Å². The average molecular weight is 351 g/mol. The molecule has 0 amide bonds. The fourth-order valence-electron chi connectivity index (χ4n) is 2.38. The van der Waals surface area contributed by atoms with E-state index in [0.29, 0.717) is 11.5 Å². The Hall–Kier alpha value is -2.25. The zero-order valence-corrected chi connectivity index (χ0v) is 14.9. The van der Waals surface area contributed by atoms with Crippen LogP contribution in [0.4, 0.5) is 0 Å².